The summed E-state index contributed by atoms with van der Waals surface area (Å²) in [5, 5.41) is 2.82. The van der Waals surface area contributed by atoms with Crippen LogP contribution in [0.25, 0.3) is 11.1 Å². The summed E-state index contributed by atoms with van der Waals surface area (Å²) in [6.07, 6.45) is 1.10. The molecular formula is C17H16N2O3. The molecule has 112 valence electrons. The average molecular weight is 296 g/mol. The first-order valence-corrected chi connectivity index (χ1v) is 7.08. The lowest BCUT2D eigenvalue weighted by atomic mass is 10.1. The summed E-state index contributed by atoms with van der Waals surface area (Å²) >= 11 is 0. The molecule has 0 saturated carbocycles. The standard InChI is InChI=1S/C17H16N2O3/c1-11-2-4-12(5-3-11)6-9-16(20)18-13-7-8-15-14(10-13)19-17(21)22-15/h2-5,7-8,10H,6,9H2,1H3,(H,18,20)(H,19,21). The number of aromatic nitrogens is 1. The van der Waals surface area contributed by atoms with Crippen LogP contribution in [0.4, 0.5) is 5.69 Å². The molecule has 5 heteroatoms. The first-order valence-electron chi connectivity index (χ1n) is 7.08. The molecule has 2 aromatic carbocycles. The first-order chi connectivity index (χ1) is 10.6. The molecule has 3 rings (SSSR count). The highest BCUT2D eigenvalue weighted by atomic mass is 16.4. The number of fused-ring (bicyclic) bond motifs is 1. The second-order valence-corrected chi connectivity index (χ2v) is 5.26. The van der Waals surface area contributed by atoms with Gasteiger partial charge < -0.3 is 9.73 Å². The van der Waals surface area contributed by atoms with Crippen LogP contribution in [0, 0.1) is 6.92 Å². The first kappa shape index (κ1) is 14.1. The predicted octanol–water partition coefficient (Wildman–Crippen LogP) is 3.00. The van der Waals surface area contributed by atoms with Crippen molar-refractivity contribution in [3.8, 4) is 0 Å². The normalized spacial score (nSPS) is 10.8. The van der Waals surface area contributed by atoms with Crippen molar-refractivity contribution in [1.29, 1.82) is 0 Å². The van der Waals surface area contributed by atoms with Gasteiger partial charge in [0.2, 0.25) is 5.91 Å². The van der Waals surface area contributed by atoms with Gasteiger partial charge >= 0.3 is 5.76 Å². The summed E-state index contributed by atoms with van der Waals surface area (Å²) in [5.41, 5.74) is 4.02. The Labute approximate surface area is 127 Å². The molecule has 0 aliphatic rings. The lowest BCUT2D eigenvalue weighted by Gasteiger charge is -2.05. The largest absolute Gasteiger partial charge is 0.417 e. The van der Waals surface area contributed by atoms with Crippen molar-refractivity contribution in [2.24, 2.45) is 0 Å². The van der Waals surface area contributed by atoms with E-state index in [1.54, 1.807) is 18.2 Å². The van der Waals surface area contributed by atoms with Crippen molar-refractivity contribution in [3.05, 3.63) is 64.1 Å². The third-order valence-electron chi connectivity index (χ3n) is 3.46. The minimum atomic E-state index is -0.502. The van der Waals surface area contributed by atoms with Crippen LogP contribution in [0.15, 0.2) is 51.7 Å². The van der Waals surface area contributed by atoms with E-state index in [4.69, 9.17) is 4.42 Å². The van der Waals surface area contributed by atoms with Gasteiger partial charge in [-0.25, -0.2) is 4.79 Å². The summed E-state index contributed by atoms with van der Waals surface area (Å²) in [6, 6.07) is 13.2. The van der Waals surface area contributed by atoms with Crippen molar-refractivity contribution in [2.75, 3.05) is 5.32 Å². The second kappa shape index (κ2) is 5.89. The molecule has 0 unspecified atom stereocenters. The fourth-order valence-electron chi connectivity index (χ4n) is 2.27. The Morgan fingerprint density at radius 2 is 1.95 bits per heavy atom. The molecule has 1 aromatic heterocycles. The molecule has 0 aliphatic carbocycles. The van der Waals surface area contributed by atoms with Crippen LogP contribution in [0.3, 0.4) is 0 Å². The number of nitrogens with one attached hydrogen (secondary N) is 2. The Bertz CT molecular complexity index is 859. The molecule has 0 fully saturated rings. The molecule has 3 aromatic rings. The number of anilines is 1. The van der Waals surface area contributed by atoms with E-state index in [1.165, 1.54) is 5.56 Å². The molecule has 0 bridgehead atoms. The van der Waals surface area contributed by atoms with E-state index in [0.717, 1.165) is 5.56 Å². The molecule has 0 atom stereocenters. The number of aromatic amines is 1. The fourth-order valence-corrected chi connectivity index (χ4v) is 2.27. The van der Waals surface area contributed by atoms with Gasteiger partial charge in [-0.3, -0.25) is 9.78 Å². The van der Waals surface area contributed by atoms with Crippen molar-refractivity contribution in [1.82, 2.24) is 4.98 Å². The SMILES string of the molecule is Cc1ccc(CCC(=O)Nc2ccc3oc(=O)[nH]c3c2)cc1. The van der Waals surface area contributed by atoms with E-state index in [9.17, 15) is 9.59 Å². The van der Waals surface area contributed by atoms with Crippen LogP contribution in [-0.4, -0.2) is 10.9 Å². The Hall–Kier alpha value is -2.82. The van der Waals surface area contributed by atoms with E-state index in [2.05, 4.69) is 10.3 Å². The molecule has 0 aliphatic heterocycles. The monoisotopic (exact) mass is 296 g/mol. The molecule has 5 nitrogen and oxygen atoms in total. The highest BCUT2D eigenvalue weighted by molar-refractivity contribution is 5.92. The zero-order chi connectivity index (χ0) is 15.5. The number of H-pyrrole nitrogens is 1. The minimum Gasteiger partial charge on any atom is -0.408 e. The third kappa shape index (κ3) is 3.25. The van der Waals surface area contributed by atoms with Gasteiger partial charge in [-0.1, -0.05) is 29.8 Å². The van der Waals surface area contributed by atoms with Gasteiger partial charge in [0.15, 0.2) is 5.58 Å². The van der Waals surface area contributed by atoms with Crippen LogP contribution in [0.5, 0.6) is 0 Å². The number of amides is 1. The highest BCUT2D eigenvalue weighted by Gasteiger charge is 2.06. The molecule has 0 saturated heterocycles. The quantitative estimate of drug-likeness (QED) is 0.777. The summed E-state index contributed by atoms with van der Waals surface area (Å²) in [7, 11) is 0. The average Bonchev–Trinajstić information content (AvgIpc) is 2.86. The maximum atomic E-state index is 12.0. The number of rotatable bonds is 4. The molecule has 0 spiro atoms. The second-order valence-electron chi connectivity index (χ2n) is 5.26. The van der Waals surface area contributed by atoms with Gasteiger partial charge in [0, 0.05) is 12.1 Å². The van der Waals surface area contributed by atoms with E-state index in [-0.39, 0.29) is 5.91 Å². The van der Waals surface area contributed by atoms with Gasteiger partial charge in [-0.2, -0.15) is 0 Å². The number of carbonyl (C=O) groups excluding carboxylic acids is 1. The van der Waals surface area contributed by atoms with Crippen LogP contribution < -0.4 is 11.1 Å². The van der Waals surface area contributed by atoms with Crippen LogP contribution in [0.1, 0.15) is 17.5 Å². The van der Waals surface area contributed by atoms with Crippen molar-refractivity contribution < 1.29 is 9.21 Å². The molecular weight excluding hydrogens is 280 g/mol. The van der Waals surface area contributed by atoms with Crippen LogP contribution >= 0.6 is 0 Å². The van der Waals surface area contributed by atoms with Gasteiger partial charge in [-0.05, 0) is 37.1 Å². The smallest absolute Gasteiger partial charge is 0.408 e. The highest BCUT2D eigenvalue weighted by Crippen LogP contribution is 2.16. The summed E-state index contributed by atoms with van der Waals surface area (Å²) in [6.45, 7) is 2.03. The molecule has 0 radical (unpaired) electrons. The van der Waals surface area contributed by atoms with Crippen molar-refractivity contribution >= 4 is 22.7 Å². The van der Waals surface area contributed by atoms with Crippen LogP contribution in [-0.2, 0) is 11.2 Å². The third-order valence-corrected chi connectivity index (χ3v) is 3.46. The molecule has 22 heavy (non-hydrogen) atoms. The lowest BCUT2D eigenvalue weighted by molar-refractivity contribution is -0.116. The fraction of sp³-hybridized carbons (Fsp3) is 0.176. The van der Waals surface area contributed by atoms with Gasteiger partial charge in [0.25, 0.3) is 0 Å². The Morgan fingerprint density at radius 1 is 1.18 bits per heavy atom. The molecule has 2 N–H and O–H groups in total. The Morgan fingerprint density at radius 3 is 2.73 bits per heavy atom. The van der Waals surface area contributed by atoms with E-state index < -0.39 is 5.76 Å². The van der Waals surface area contributed by atoms with E-state index in [1.807, 2.05) is 31.2 Å². The van der Waals surface area contributed by atoms with Crippen LogP contribution in [0.2, 0.25) is 0 Å². The number of carbonyl (C=O) groups is 1. The Balaban J connectivity index is 1.62. The maximum Gasteiger partial charge on any atom is 0.417 e. The van der Waals surface area contributed by atoms with Gasteiger partial charge in [0.05, 0.1) is 5.52 Å². The summed E-state index contributed by atoms with van der Waals surface area (Å²) < 4.78 is 4.92. The maximum absolute atomic E-state index is 12.0. The number of hydrogen-bond donors (Lipinski definition) is 2. The number of oxazole rings is 1. The Kier molecular flexibility index (Phi) is 3.78. The van der Waals surface area contributed by atoms with E-state index >= 15 is 0 Å². The van der Waals surface area contributed by atoms with Gasteiger partial charge in [0.1, 0.15) is 0 Å². The number of benzene rings is 2. The zero-order valence-electron chi connectivity index (χ0n) is 12.2. The minimum absolute atomic E-state index is 0.0641. The van der Waals surface area contributed by atoms with Crippen molar-refractivity contribution in [2.45, 2.75) is 19.8 Å². The van der Waals surface area contributed by atoms with Crippen molar-refractivity contribution in [3.63, 3.8) is 0 Å². The molecule has 1 amide bonds. The number of aryl methyl sites for hydroxylation is 2. The summed E-state index contributed by atoms with van der Waals surface area (Å²) in [4.78, 5) is 25.6. The molecule has 1 heterocycles. The van der Waals surface area contributed by atoms with Gasteiger partial charge in [-0.15, -0.1) is 0 Å². The topological polar surface area (TPSA) is 75.1 Å². The predicted molar refractivity (Wildman–Crippen MR) is 85.0 cm³/mol. The van der Waals surface area contributed by atoms with E-state index in [0.29, 0.717) is 29.6 Å². The number of hydrogen-bond acceptors (Lipinski definition) is 3. The zero-order valence-corrected chi connectivity index (χ0v) is 12.2. The summed E-state index contributed by atoms with van der Waals surface area (Å²) in [5.74, 6) is -0.566. The lowest BCUT2D eigenvalue weighted by Crippen LogP contribution is -2.12.